The van der Waals surface area contributed by atoms with Crippen LogP contribution >= 0.6 is 0 Å². The first-order valence-electron chi connectivity index (χ1n) is 7.91. The van der Waals surface area contributed by atoms with Crippen LogP contribution in [0.5, 0.6) is 0 Å². The van der Waals surface area contributed by atoms with Crippen molar-refractivity contribution in [2.24, 2.45) is 0 Å². The first kappa shape index (κ1) is 15.5. The molecule has 1 saturated heterocycles. The van der Waals surface area contributed by atoms with E-state index in [1.54, 1.807) is 30.6 Å². The highest BCUT2D eigenvalue weighted by Crippen LogP contribution is 2.36. The van der Waals surface area contributed by atoms with Crippen LogP contribution in [0, 0.1) is 0 Å². The molecule has 0 saturated carbocycles. The SMILES string of the molecule is O=C(c1ccoc1)N1CCCC(F)(c2nc(-c3cccnc3)no2)C1. The Labute approximate surface area is 142 Å². The Morgan fingerprint density at radius 1 is 1.36 bits per heavy atom. The summed E-state index contributed by atoms with van der Waals surface area (Å²) < 4.78 is 25.5. The molecule has 3 aromatic rings. The summed E-state index contributed by atoms with van der Waals surface area (Å²) in [6, 6.07) is 5.06. The van der Waals surface area contributed by atoms with Gasteiger partial charge in [0, 0.05) is 24.5 Å². The number of piperidine rings is 1. The first-order chi connectivity index (χ1) is 12.2. The van der Waals surface area contributed by atoms with Crippen LogP contribution in [-0.2, 0) is 5.67 Å². The Morgan fingerprint density at radius 2 is 2.28 bits per heavy atom. The average molecular weight is 342 g/mol. The maximum atomic E-state index is 15.5. The van der Waals surface area contributed by atoms with Crippen LogP contribution in [0.4, 0.5) is 4.39 Å². The highest BCUT2D eigenvalue weighted by Gasteiger charge is 2.44. The van der Waals surface area contributed by atoms with Gasteiger partial charge in [-0.25, -0.2) is 4.39 Å². The van der Waals surface area contributed by atoms with Gasteiger partial charge in [-0.2, -0.15) is 4.98 Å². The number of carbonyl (C=O) groups is 1. The van der Waals surface area contributed by atoms with Crippen LogP contribution in [0.1, 0.15) is 29.1 Å². The van der Waals surface area contributed by atoms with Gasteiger partial charge in [-0.1, -0.05) is 5.16 Å². The van der Waals surface area contributed by atoms with E-state index in [9.17, 15) is 4.79 Å². The van der Waals surface area contributed by atoms with Gasteiger partial charge < -0.3 is 13.8 Å². The minimum atomic E-state index is -1.87. The number of halogens is 1. The number of pyridine rings is 1. The second kappa shape index (κ2) is 6.12. The van der Waals surface area contributed by atoms with Crippen molar-refractivity contribution in [2.75, 3.05) is 13.1 Å². The first-order valence-corrected chi connectivity index (χ1v) is 7.91. The van der Waals surface area contributed by atoms with Crippen LogP contribution in [0.2, 0.25) is 0 Å². The molecule has 25 heavy (non-hydrogen) atoms. The van der Waals surface area contributed by atoms with Crippen molar-refractivity contribution in [3.8, 4) is 11.4 Å². The van der Waals surface area contributed by atoms with E-state index in [0.29, 0.717) is 24.1 Å². The predicted octanol–water partition coefficient (Wildman–Crippen LogP) is 2.83. The highest BCUT2D eigenvalue weighted by atomic mass is 19.1. The lowest BCUT2D eigenvalue weighted by Gasteiger charge is -2.34. The van der Waals surface area contributed by atoms with E-state index in [2.05, 4.69) is 15.1 Å². The molecule has 3 aromatic heterocycles. The Morgan fingerprint density at radius 3 is 3.04 bits per heavy atom. The van der Waals surface area contributed by atoms with Gasteiger partial charge in [-0.3, -0.25) is 9.78 Å². The lowest BCUT2D eigenvalue weighted by atomic mass is 9.94. The number of furan rings is 1. The fraction of sp³-hybridized carbons (Fsp3) is 0.294. The zero-order valence-electron chi connectivity index (χ0n) is 13.3. The van der Waals surface area contributed by atoms with E-state index in [-0.39, 0.29) is 30.6 Å². The molecule has 0 aromatic carbocycles. The minimum absolute atomic E-state index is 0.115. The number of hydrogen-bond acceptors (Lipinski definition) is 6. The number of amides is 1. The van der Waals surface area contributed by atoms with Crippen molar-refractivity contribution in [3.05, 3.63) is 54.6 Å². The normalized spacial score (nSPS) is 20.6. The van der Waals surface area contributed by atoms with Crippen LogP contribution in [-0.4, -0.2) is 39.0 Å². The van der Waals surface area contributed by atoms with E-state index in [1.807, 2.05) is 0 Å². The van der Waals surface area contributed by atoms with Crippen molar-refractivity contribution in [2.45, 2.75) is 18.5 Å². The quantitative estimate of drug-likeness (QED) is 0.727. The average Bonchev–Trinajstić information content (AvgIpc) is 3.34. The smallest absolute Gasteiger partial charge is 0.266 e. The number of carbonyl (C=O) groups excluding carboxylic acids is 1. The van der Waals surface area contributed by atoms with Gasteiger partial charge in [-0.05, 0) is 31.0 Å². The van der Waals surface area contributed by atoms with Crippen LogP contribution in [0.15, 0.2) is 52.1 Å². The van der Waals surface area contributed by atoms with E-state index < -0.39 is 5.67 Å². The molecule has 0 aliphatic carbocycles. The fourth-order valence-electron chi connectivity index (χ4n) is 2.95. The summed E-state index contributed by atoms with van der Waals surface area (Å²) in [4.78, 5) is 22.0. The minimum Gasteiger partial charge on any atom is -0.472 e. The summed E-state index contributed by atoms with van der Waals surface area (Å²) in [5.74, 6) is -0.114. The molecule has 0 N–H and O–H groups in total. The third-order valence-corrected chi connectivity index (χ3v) is 4.23. The predicted molar refractivity (Wildman–Crippen MR) is 84.2 cm³/mol. The highest BCUT2D eigenvalue weighted by molar-refractivity contribution is 5.93. The van der Waals surface area contributed by atoms with Gasteiger partial charge in [-0.15, -0.1) is 0 Å². The molecule has 7 nitrogen and oxygen atoms in total. The number of nitrogens with zero attached hydrogens (tertiary/aromatic N) is 4. The van der Waals surface area contributed by atoms with Gasteiger partial charge in [0.2, 0.25) is 11.5 Å². The zero-order valence-corrected chi connectivity index (χ0v) is 13.3. The molecule has 1 aliphatic rings. The van der Waals surface area contributed by atoms with E-state index in [1.165, 1.54) is 17.4 Å². The lowest BCUT2D eigenvalue weighted by molar-refractivity contribution is 0.0152. The number of likely N-dealkylation sites (tertiary alicyclic amines) is 1. The molecule has 1 aliphatic heterocycles. The second-order valence-corrected chi connectivity index (χ2v) is 5.97. The monoisotopic (exact) mass is 342 g/mol. The Balaban J connectivity index is 1.57. The summed E-state index contributed by atoms with van der Waals surface area (Å²) in [6.07, 6.45) is 6.69. The number of alkyl halides is 1. The molecule has 0 radical (unpaired) electrons. The number of aromatic nitrogens is 3. The van der Waals surface area contributed by atoms with E-state index in [0.717, 1.165) is 0 Å². The zero-order chi connectivity index (χ0) is 17.3. The molecular weight excluding hydrogens is 327 g/mol. The molecule has 4 rings (SSSR count). The number of hydrogen-bond donors (Lipinski definition) is 0. The van der Waals surface area contributed by atoms with Crippen LogP contribution in [0.3, 0.4) is 0 Å². The topological polar surface area (TPSA) is 85.3 Å². The molecule has 4 heterocycles. The molecule has 0 bridgehead atoms. The molecular formula is C17H15FN4O3. The molecule has 1 unspecified atom stereocenters. The second-order valence-electron chi connectivity index (χ2n) is 5.97. The summed E-state index contributed by atoms with van der Waals surface area (Å²) in [5.41, 5.74) is -0.834. The largest absolute Gasteiger partial charge is 0.472 e. The van der Waals surface area contributed by atoms with Crippen molar-refractivity contribution >= 4 is 5.91 Å². The fourth-order valence-corrected chi connectivity index (χ4v) is 2.95. The lowest BCUT2D eigenvalue weighted by Crippen LogP contribution is -2.46. The van der Waals surface area contributed by atoms with Crippen LogP contribution < -0.4 is 0 Å². The third kappa shape index (κ3) is 2.90. The third-order valence-electron chi connectivity index (χ3n) is 4.23. The van der Waals surface area contributed by atoms with Gasteiger partial charge in [0.15, 0.2) is 0 Å². The molecule has 0 spiro atoms. The summed E-state index contributed by atoms with van der Waals surface area (Å²) in [6.45, 7) is 0.338. The summed E-state index contributed by atoms with van der Waals surface area (Å²) in [7, 11) is 0. The van der Waals surface area contributed by atoms with Gasteiger partial charge in [0.05, 0.1) is 18.4 Å². The molecule has 1 fully saturated rings. The van der Waals surface area contributed by atoms with Crippen LogP contribution in [0.25, 0.3) is 11.4 Å². The summed E-state index contributed by atoms with van der Waals surface area (Å²) in [5, 5.41) is 3.84. The molecule has 128 valence electrons. The Hall–Kier alpha value is -3.03. The Bertz CT molecular complexity index is 865. The maximum Gasteiger partial charge on any atom is 0.266 e. The molecule has 8 heteroatoms. The van der Waals surface area contributed by atoms with Crippen molar-refractivity contribution in [3.63, 3.8) is 0 Å². The molecule has 1 amide bonds. The Kier molecular flexibility index (Phi) is 3.79. The van der Waals surface area contributed by atoms with Crippen molar-refractivity contribution in [1.29, 1.82) is 0 Å². The van der Waals surface area contributed by atoms with E-state index >= 15 is 4.39 Å². The standard InChI is InChI=1S/C17H15FN4O3/c18-17(16-20-14(21-25-16)12-3-1-6-19-9-12)5-2-7-22(11-17)15(23)13-4-8-24-10-13/h1,3-4,6,8-10H,2,5,7,11H2. The van der Waals surface area contributed by atoms with Gasteiger partial charge in [0.1, 0.15) is 6.26 Å². The van der Waals surface area contributed by atoms with Crippen molar-refractivity contribution < 1.29 is 18.1 Å². The molecule has 1 atom stereocenters. The maximum absolute atomic E-state index is 15.5. The van der Waals surface area contributed by atoms with E-state index in [4.69, 9.17) is 8.94 Å². The van der Waals surface area contributed by atoms with Gasteiger partial charge >= 0.3 is 0 Å². The summed E-state index contributed by atoms with van der Waals surface area (Å²) >= 11 is 0. The van der Waals surface area contributed by atoms with Gasteiger partial charge in [0.25, 0.3) is 11.8 Å². The number of rotatable bonds is 3. The van der Waals surface area contributed by atoms with Crippen molar-refractivity contribution in [1.82, 2.24) is 20.0 Å².